The zero-order chi connectivity index (χ0) is 16.2. The highest BCUT2D eigenvalue weighted by molar-refractivity contribution is 6.42. The standard InChI is InChI=1S/C17H11Cl2FN2O/c18-15-7-5-13(9-16(15)19)22-21-10-14-6-8-17(23-14)11-1-3-12(20)4-2-11/h1-10,22H/b21-10+. The normalized spacial score (nSPS) is 11.1. The summed E-state index contributed by atoms with van der Waals surface area (Å²) in [4.78, 5) is 0. The van der Waals surface area contributed by atoms with Crippen LogP contribution in [0.2, 0.25) is 10.0 Å². The highest BCUT2D eigenvalue weighted by Crippen LogP contribution is 2.25. The molecule has 0 saturated carbocycles. The molecule has 0 aliphatic carbocycles. The van der Waals surface area contributed by atoms with Crippen LogP contribution in [0.15, 0.2) is 64.1 Å². The van der Waals surface area contributed by atoms with E-state index in [1.165, 1.54) is 18.3 Å². The van der Waals surface area contributed by atoms with Crippen LogP contribution in [0.5, 0.6) is 0 Å². The molecule has 0 aliphatic heterocycles. The second-order valence-electron chi connectivity index (χ2n) is 4.71. The number of hydrogen-bond acceptors (Lipinski definition) is 3. The predicted molar refractivity (Wildman–Crippen MR) is 91.8 cm³/mol. The van der Waals surface area contributed by atoms with E-state index >= 15 is 0 Å². The van der Waals surface area contributed by atoms with E-state index in [0.717, 1.165) is 5.56 Å². The van der Waals surface area contributed by atoms with Gasteiger partial charge < -0.3 is 4.42 Å². The highest BCUT2D eigenvalue weighted by Gasteiger charge is 2.03. The Bertz CT molecular complexity index is 844. The molecular weight excluding hydrogens is 338 g/mol. The van der Waals surface area contributed by atoms with Crippen LogP contribution in [0.1, 0.15) is 5.76 Å². The van der Waals surface area contributed by atoms with E-state index < -0.39 is 0 Å². The lowest BCUT2D eigenvalue weighted by Gasteiger charge is -2.01. The number of anilines is 1. The van der Waals surface area contributed by atoms with Crippen molar-refractivity contribution in [2.75, 3.05) is 5.43 Å². The summed E-state index contributed by atoms with van der Waals surface area (Å²) in [6, 6.07) is 14.8. The maximum atomic E-state index is 12.9. The van der Waals surface area contributed by atoms with Crippen molar-refractivity contribution in [1.29, 1.82) is 0 Å². The van der Waals surface area contributed by atoms with Crippen LogP contribution in [0, 0.1) is 5.82 Å². The number of nitrogens with zero attached hydrogens (tertiary/aromatic N) is 1. The van der Waals surface area contributed by atoms with Gasteiger partial charge in [0.15, 0.2) is 0 Å². The monoisotopic (exact) mass is 348 g/mol. The fourth-order valence-corrected chi connectivity index (χ4v) is 2.23. The zero-order valence-corrected chi connectivity index (χ0v) is 13.3. The van der Waals surface area contributed by atoms with E-state index in [2.05, 4.69) is 10.5 Å². The van der Waals surface area contributed by atoms with Gasteiger partial charge in [0.05, 0.1) is 21.9 Å². The van der Waals surface area contributed by atoms with E-state index in [4.69, 9.17) is 27.6 Å². The van der Waals surface area contributed by atoms with Gasteiger partial charge in [0.1, 0.15) is 17.3 Å². The van der Waals surface area contributed by atoms with Gasteiger partial charge in [-0.1, -0.05) is 23.2 Å². The number of rotatable bonds is 4. The first-order chi connectivity index (χ1) is 11.1. The fourth-order valence-electron chi connectivity index (χ4n) is 1.93. The molecule has 1 heterocycles. The molecule has 0 amide bonds. The largest absolute Gasteiger partial charge is 0.455 e. The Hall–Kier alpha value is -2.30. The molecule has 0 bridgehead atoms. The molecule has 0 radical (unpaired) electrons. The summed E-state index contributed by atoms with van der Waals surface area (Å²) in [6.45, 7) is 0. The third kappa shape index (κ3) is 3.92. The van der Waals surface area contributed by atoms with Crippen LogP contribution in [0.25, 0.3) is 11.3 Å². The van der Waals surface area contributed by atoms with Crippen LogP contribution < -0.4 is 5.43 Å². The molecule has 0 fully saturated rings. The third-order valence-corrected chi connectivity index (χ3v) is 3.80. The second-order valence-corrected chi connectivity index (χ2v) is 5.52. The van der Waals surface area contributed by atoms with E-state index in [0.29, 0.717) is 27.3 Å². The molecule has 3 aromatic rings. The van der Waals surface area contributed by atoms with Gasteiger partial charge >= 0.3 is 0 Å². The minimum Gasteiger partial charge on any atom is -0.455 e. The lowest BCUT2D eigenvalue weighted by molar-refractivity contribution is 0.574. The maximum absolute atomic E-state index is 12.9. The third-order valence-electron chi connectivity index (χ3n) is 3.06. The number of nitrogens with one attached hydrogen (secondary N) is 1. The molecule has 0 unspecified atom stereocenters. The minimum atomic E-state index is -0.284. The number of halogens is 3. The highest BCUT2D eigenvalue weighted by atomic mass is 35.5. The molecule has 0 aliphatic rings. The van der Waals surface area contributed by atoms with Gasteiger partial charge in [-0.25, -0.2) is 4.39 Å². The quantitative estimate of drug-likeness (QED) is 0.475. The smallest absolute Gasteiger partial charge is 0.147 e. The summed E-state index contributed by atoms with van der Waals surface area (Å²) in [5.74, 6) is 0.922. The molecule has 3 nitrogen and oxygen atoms in total. The predicted octanol–water partition coefficient (Wildman–Crippen LogP) is 5.84. The lowest BCUT2D eigenvalue weighted by Crippen LogP contribution is -1.89. The first kappa shape index (κ1) is 15.6. The Labute approximate surface area is 142 Å². The zero-order valence-electron chi connectivity index (χ0n) is 11.8. The summed E-state index contributed by atoms with van der Waals surface area (Å²) in [7, 11) is 0. The van der Waals surface area contributed by atoms with Crippen molar-refractivity contribution >= 4 is 35.1 Å². The molecule has 1 aromatic heterocycles. The van der Waals surface area contributed by atoms with Crippen LogP contribution in [-0.2, 0) is 0 Å². The minimum absolute atomic E-state index is 0.284. The van der Waals surface area contributed by atoms with Crippen molar-refractivity contribution in [3.63, 3.8) is 0 Å². The number of hydrogen-bond donors (Lipinski definition) is 1. The van der Waals surface area contributed by atoms with E-state index in [1.807, 2.05) is 0 Å². The van der Waals surface area contributed by atoms with E-state index in [1.54, 1.807) is 42.5 Å². The van der Waals surface area contributed by atoms with Crippen molar-refractivity contribution in [1.82, 2.24) is 0 Å². The van der Waals surface area contributed by atoms with Crippen LogP contribution in [0.3, 0.4) is 0 Å². The molecular formula is C17H11Cl2FN2O. The Morgan fingerprint density at radius 1 is 0.957 bits per heavy atom. The molecule has 0 saturated heterocycles. The van der Waals surface area contributed by atoms with Gasteiger partial charge in [-0.3, -0.25) is 5.43 Å². The molecule has 2 aromatic carbocycles. The number of benzene rings is 2. The molecule has 0 atom stereocenters. The van der Waals surface area contributed by atoms with Gasteiger partial charge in [-0.15, -0.1) is 0 Å². The van der Waals surface area contributed by atoms with E-state index in [-0.39, 0.29) is 5.82 Å². The van der Waals surface area contributed by atoms with Crippen LogP contribution in [0.4, 0.5) is 10.1 Å². The first-order valence-corrected chi connectivity index (χ1v) is 7.47. The van der Waals surface area contributed by atoms with Gasteiger partial charge in [0, 0.05) is 5.56 Å². The summed E-state index contributed by atoms with van der Waals surface area (Å²) < 4.78 is 18.5. The Morgan fingerprint density at radius 3 is 2.48 bits per heavy atom. The molecule has 6 heteroatoms. The summed E-state index contributed by atoms with van der Waals surface area (Å²) in [5.41, 5.74) is 4.34. The Morgan fingerprint density at radius 2 is 1.74 bits per heavy atom. The maximum Gasteiger partial charge on any atom is 0.147 e. The van der Waals surface area contributed by atoms with Crippen LogP contribution in [-0.4, -0.2) is 6.21 Å². The average molecular weight is 349 g/mol. The lowest BCUT2D eigenvalue weighted by atomic mass is 10.2. The first-order valence-electron chi connectivity index (χ1n) is 6.72. The van der Waals surface area contributed by atoms with Crippen molar-refractivity contribution in [3.05, 3.63) is 76.2 Å². The molecule has 116 valence electrons. The van der Waals surface area contributed by atoms with Gasteiger partial charge in [-0.2, -0.15) is 5.10 Å². The average Bonchev–Trinajstić information content (AvgIpc) is 3.00. The topological polar surface area (TPSA) is 37.5 Å². The summed E-state index contributed by atoms with van der Waals surface area (Å²) in [6.07, 6.45) is 1.54. The fraction of sp³-hybridized carbons (Fsp3) is 0. The molecule has 23 heavy (non-hydrogen) atoms. The van der Waals surface area contributed by atoms with Crippen molar-refractivity contribution < 1.29 is 8.81 Å². The molecule has 3 rings (SSSR count). The Kier molecular flexibility index (Phi) is 4.65. The Balaban J connectivity index is 1.68. The summed E-state index contributed by atoms with van der Waals surface area (Å²) in [5, 5.41) is 5.00. The second kappa shape index (κ2) is 6.86. The molecule has 0 spiro atoms. The van der Waals surface area contributed by atoms with Gasteiger partial charge in [0.2, 0.25) is 0 Å². The van der Waals surface area contributed by atoms with Crippen molar-refractivity contribution in [3.8, 4) is 11.3 Å². The SMILES string of the molecule is Fc1ccc(-c2ccc(/C=N/Nc3ccc(Cl)c(Cl)c3)o2)cc1. The van der Waals surface area contributed by atoms with Crippen LogP contribution >= 0.6 is 23.2 Å². The number of hydrazone groups is 1. The number of furan rings is 1. The van der Waals surface area contributed by atoms with Gasteiger partial charge in [-0.05, 0) is 54.6 Å². The molecule has 1 N–H and O–H groups in total. The van der Waals surface area contributed by atoms with Gasteiger partial charge in [0.25, 0.3) is 0 Å². The van der Waals surface area contributed by atoms with Crippen molar-refractivity contribution in [2.24, 2.45) is 5.10 Å². The van der Waals surface area contributed by atoms with E-state index in [9.17, 15) is 4.39 Å². The van der Waals surface area contributed by atoms with Crippen molar-refractivity contribution in [2.45, 2.75) is 0 Å². The summed E-state index contributed by atoms with van der Waals surface area (Å²) >= 11 is 11.8.